The van der Waals surface area contributed by atoms with E-state index in [0.29, 0.717) is 6.42 Å². The number of aromatic carboxylic acids is 1. The van der Waals surface area contributed by atoms with Gasteiger partial charge in [-0.1, -0.05) is 12.1 Å². The first-order valence-electron chi connectivity index (χ1n) is 10.7. The average molecular weight is 496 g/mol. The smallest absolute Gasteiger partial charge is 0.371 e. The molecule has 2 heterocycles. The van der Waals surface area contributed by atoms with Crippen LogP contribution < -0.4 is 10.2 Å². The van der Waals surface area contributed by atoms with Crippen molar-refractivity contribution in [3.63, 3.8) is 0 Å². The third kappa shape index (κ3) is 5.20. The highest BCUT2D eigenvalue weighted by Gasteiger charge is 2.28. The number of hydrogen-bond donors (Lipinski definition) is 3. The molecule has 0 fully saturated rings. The summed E-state index contributed by atoms with van der Waals surface area (Å²) in [5.74, 6) is -3.74. The van der Waals surface area contributed by atoms with E-state index in [1.54, 1.807) is 12.2 Å². The van der Waals surface area contributed by atoms with E-state index in [2.05, 4.69) is 0 Å². The van der Waals surface area contributed by atoms with E-state index in [4.69, 9.17) is 23.7 Å². The molecule has 1 atom stereocenters. The van der Waals surface area contributed by atoms with Crippen LogP contribution in [-0.2, 0) is 19.1 Å². The zero-order chi connectivity index (χ0) is 25.8. The van der Waals surface area contributed by atoms with Crippen molar-refractivity contribution < 1.29 is 48.3 Å². The van der Waals surface area contributed by atoms with Gasteiger partial charge in [-0.15, -0.1) is 0 Å². The summed E-state index contributed by atoms with van der Waals surface area (Å²) in [6, 6.07) is 5.23. The minimum Gasteiger partial charge on any atom is -0.490 e. The number of hydrogen-bond acceptors (Lipinski definition) is 9. The lowest BCUT2D eigenvalue weighted by molar-refractivity contribution is -0.135. The van der Waals surface area contributed by atoms with E-state index in [-0.39, 0.29) is 59.2 Å². The molecule has 4 rings (SSSR count). The van der Waals surface area contributed by atoms with Crippen molar-refractivity contribution in [3.8, 4) is 5.75 Å². The van der Waals surface area contributed by atoms with E-state index >= 15 is 0 Å². The van der Waals surface area contributed by atoms with Crippen LogP contribution in [0.2, 0.25) is 0 Å². The fourth-order valence-corrected chi connectivity index (χ4v) is 3.55. The van der Waals surface area contributed by atoms with E-state index in [1.165, 1.54) is 30.4 Å². The molecule has 1 unspecified atom stereocenters. The van der Waals surface area contributed by atoms with E-state index in [0.717, 1.165) is 6.07 Å². The average Bonchev–Trinajstić information content (AvgIpc) is 3.14. The molecule has 3 N–H and O–H groups in total. The molecule has 0 amide bonds. The molecule has 2 aromatic rings. The van der Waals surface area contributed by atoms with Crippen LogP contribution in [0.15, 0.2) is 80.6 Å². The number of aliphatic carboxylic acids is 1. The Kier molecular flexibility index (Phi) is 7.02. The molecule has 1 aromatic carbocycles. The van der Waals surface area contributed by atoms with Crippen LogP contribution in [0.1, 0.15) is 23.4 Å². The van der Waals surface area contributed by atoms with Gasteiger partial charge in [-0.2, -0.15) is 0 Å². The highest BCUT2D eigenvalue weighted by atomic mass is 16.5. The SMILES string of the molecule is O=C(O)C1=CCC(=O)C2=C(OCC(O)COc3cccc4oc(C(=O)O)cc(=O)c34)C=CCC=C2O1. The number of benzene rings is 1. The monoisotopic (exact) mass is 496 g/mol. The molecular formula is C25H20O11. The summed E-state index contributed by atoms with van der Waals surface area (Å²) in [5, 5.41) is 28.7. The summed E-state index contributed by atoms with van der Waals surface area (Å²) in [4.78, 5) is 47.5. The Hall–Kier alpha value is -4.64. The Morgan fingerprint density at radius 3 is 2.58 bits per heavy atom. The number of Topliss-reactive ketones (excluding diaryl/α,β-unsaturated/α-hetero) is 1. The van der Waals surface area contributed by atoms with Crippen molar-refractivity contribution in [2.75, 3.05) is 13.2 Å². The summed E-state index contributed by atoms with van der Waals surface area (Å²) in [6.45, 7) is -0.602. The van der Waals surface area contributed by atoms with Crippen molar-refractivity contribution in [2.45, 2.75) is 18.9 Å². The quantitative estimate of drug-likeness (QED) is 0.490. The first-order chi connectivity index (χ1) is 17.2. The number of ether oxygens (including phenoxy) is 3. The lowest BCUT2D eigenvalue weighted by Crippen LogP contribution is -2.24. The van der Waals surface area contributed by atoms with Crippen LogP contribution >= 0.6 is 0 Å². The van der Waals surface area contributed by atoms with Gasteiger partial charge in [0.05, 0.1) is 0 Å². The number of aliphatic hydroxyl groups excluding tert-OH is 1. The molecule has 11 heteroatoms. The van der Waals surface area contributed by atoms with Gasteiger partial charge in [-0.25, -0.2) is 9.59 Å². The molecule has 1 aromatic heterocycles. The second-order valence-corrected chi connectivity index (χ2v) is 7.73. The Labute approximate surface area is 202 Å². The number of carboxylic acids is 2. The molecule has 0 spiro atoms. The van der Waals surface area contributed by atoms with Gasteiger partial charge >= 0.3 is 11.9 Å². The Bertz CT molecular complexity index is 1420. The molecule has 11 nitrogen and oxygen atoms in total. The molecule has 36 heavy (non-hydrogen) atoms. The maximum absolute atomic E-state index is 12.7. The third-order valence-electron chi connectivity index (χ3n) is 5.17. The lowest BCUT2D eigenvalue weighted by atomic mass is 10.1. The van der Waals surface area contributed by atoms with Crippen molar-refractivity contribution in [2.24, 2.45) is 0 Å². The van der Waals surface area contributed by atoms with Gasteiger partial charge < -0.3 is 33.9 Å². The van der Waals surface area contributed by atoms with E-state index < -0.39 is 35.0 Å². The third-order valence-corrected chi connectivity index (χ3v) is 5.17. The Morgan fingerprint density at radius 2 is 1.83 bits per heavy atom. The largest absolute Gasteiger partial charge is 0.490 e. The van der Waals surface area contributed by atoms with Gasteiger partial charge in [-0.05, 0) is 36.8 Å². The Morgan fingerprint density at radius 1 is 1.06 bits per heavy atom. The number of ketones is 1. The minimum absolute atomic E-state index is 0.0132. The van der Waals surface area contributed by atoms with Gasteiger partial charge in [0, 0.05) is 12.5 Å². The molecule has 2 aliphatic rings. The minimum atomic E-state index is -1.39. The van der Waals surface area contributed by atoms with Crippen LogP contribution in [0, 0.1) is 0 Å². The molecule has 0 saturated carbocycles. The predicted octanol–water partition coefficient (Wildman–Crippen LogP) is 2.30. The number of allylic oxidation sites excluding steroid dienone is 5. The summed E-state index contributed by atoms with van der Waals surface area (Å²) in [6.07, 6.45) is 4.93. The summed E-state index contributed by atoms with van der Waals surface area (Å²) in [5.41, 5.74) is -0.546. The van der Waals surface area contributed by atoms with Gasteiger partial charge in [0.15, 0.2) is 11.2 Å². The van der Waals surface area contributed by atoms with Crippen LogP contribution in [0.5, 0.6) is 5.75 Å². The summed E-state index contributed by atoms with van der Waals surface area (Å²) >= 11 is 0. The highest BCUT2D eigenvalue weighted by Crippen LogP contribution is 2.29. The van der Waals surface area contributed by atoms with Crippen LogP contribution in [0.25, 0.3) is 11.0 Å². The lowest BCUT2D eigenvalue weighted by Gasteiger charge is -2.17. The maximum atomic E-state index is 12.7. The number of fused-ring (bicyclic) bond motifs is 2. The molecule has 0 radical (unpaired) electrons. The topological polar surface area (TPSA) is 170 Å². The van der Waals surface area contributed by atoms with Crippen molar-refractivity contribution in [3.05, 3.63) is 87.4 Å². The van der Waals surface area contributed by atoms with Gasteiger partial charge in [-0.3, -0.25) is 9.59 Å². The fourth-order valence-electron chi connectivity index (χ4n) is 3.55. The predicted molar refractivity (Wildman–Crippen MR) is 122 cm³/mol. The van der Waals surface area contributed by atoms with Crippen LogP contribution in [-0.4, -0.2) is 52.4 Å². The molecule has 0 bridgehead atoms. The Balaban J connectivity index is 1.47. The van der Waals surface area contributed by atoms with E-state index in [1.807, 2.05) is 0 Å². The molecule has 186 valence electrons. The molecule has 0 saturated heterocycles. The number of carbonyl (C=O) groups excluding carboxylic acids is 1. The van der Waals surface area contributed by atoms with Crippen molar-refractivity contribution in [1.29, 1.82) is 0 Å². The second-order valence-electron chi connectivity index (χ2n) is 7.73. The standard InChI is InChI=1S/C25H20O11/c26-13(12-34-17-6-3-7-19-23(17)15(28)10-21(36-19)25(31)32)11-33-16-4-1-2-5-18-22(16)14(27)8-9-20(35-18)24(29)30/h1,3-7,9-10,13,26H,2,8,11-12H2,(H,29,30)(H,31,32). The van der Waals surface area contributed by atoms with Gasteiger partial charge in [0.1, 0.15) is 53.1 Å². The number of carbonyl (C=O) groups is 3. The molecule has 1 aliphatic carbocycles. The first kappa shape index (κ1) is 24.5. The maximum Gasteiger partial charge on any atom is 0.371 e. The van der Waals surface area contributed by atoms with Gasteiger partial charge in [0.2, 0.25) is 11.5 Å². The first-order valence-corrected chi connectivity index (χ1v) is 10.7. The number of aliphatic hydroxyl groups is 1. The van der Waals surface area contributed by atoms with E-state index in [9.17, 15) is 29.4 Å². The zero-order valence-electron chi connectivity index (χ0n) is 18.6. The van der Waals surface area contributed by atoms with Crippen LogP contribution in [0.4, 0.5) is 0 Å². The fraction of sp³-hybridized carbons (Fsp3) is 0.200. The molecular weight excluding hydrogens is 476 g/mol. The normalized spacial score (nSPS) is 16.2. The van der Waals surface area contributed by atoms with Crippen LogP contribution in [0.3, 0.4) is 0 Å². The summed E-state index contributed by atoms with van der Waals surface area (Å²) < 4.78 is 21.8. The van der Waals surface area contributed by atoms with Gasteiger partial charge in [0.25, 0.3) is 0 Å². The number of carboxylic acid groups (broad SMARTS) is 2. The zero-order valence-corrected chi connectivity index (χ0v) is 18.6. The highest BCUT2D eigenvalue weighted by molar-refractivity contribution is 6.02. The summed E-state index contributed by atoms with van der Waals surface area (Å²) in [7, 11) is 0. The number of rotatable bonds is 8. The molecule has 1 aliphatic heterocycles. The van der Waals surface area contributed by atoms with Crippen molar-refractivity contribution >= 4 is 28.7 Å². The second kappa shape index (κ2) is 10.3. The van der Waals surface area contributed by atoms with Crippen molar-refractivity contribution in [1.82, 2.24) is 0 Å².